The third-order valence-electron chi connectivity index (χ3n) is 5.63. The lowest BCUT2D eigenvalue weighted by Gasteiger charge is -2.29. The first-order valence-electron chi connectivity index (χ1n) is 10.7. The van der Waals surface area contributed by atoms with E-state index >= 15 is 0 Å². The fourth-order valence-corrected chi connectivity index (χ4v) is 4.03. The number of nitrogens with zero attached hydrogens (tertiary/aromatic N) is 1. The number of carbonyl (C=O) groups excluding carboxylic acids is 2. The van der Waals surface area contributed by atoms with Crippen LogP contribution in [0.4, 0.5) is 0 Å². The Morgan fingerprint density at radius 3 is 2.34 bits per heavy atom. The highest BCUT2D eigenvalue weighted by Crippen LogP contribution is 2.24. The van der Waals surface area contributed by atoms with Gasteiger partial charge >= 0.3 is 0 Å². The largest absolute Gasteiger partial charge is 0.497 e. The topological polar surface area (TPSA) is 67.9 Å². The summed E-state index contributed by atoms with van der Waals surface area (Å²) in [6.07, 6.45) is 4.17. The zero-order valence-electron chi connectivity index (χ0n) is 18.3. The number of carbonyl (C=O) groups is 2. The molecule has 1 atom stereocenters. The van der Waals surface area contributed by atoms with Gasteiger partial charge in [-0.25, -0.2) is 0 Å². The van der Waals surface area contributed by atoms with Gasteiger partial charge < -0.3 is 19.7 Å². The van der Waals surface area contributed by atoms with Crippen LogP contribution in [-0.2, 0) is 16.1 Å². The Morgan fingerprint density at radius 1 is 1.06 bits per heavy atom. The van der Waals surface area contributed by atoms with Gasteiger partial charge in [0.15, 0.2) is 6.61 Å². The molecular formula is C24H28Cl2N2O4. The maximum absolute atomic E-state index is 13.1. The number of ether oxygens (including phenoxy) is 2. The summed E-state index contributed by atoms with van der Waals surface area (Å²) in [5, 5.41) is 3.90. The lowest BCUT2D eigenvalue weighted by Crippen LogP contribution is -2.50. The molecule has 8 heteroatoms. The summed E-state index contributed by atoms with van der Waals surface area (Å²) in [7, 11) is 1.58. The monoisotopic (exact) mass is 478 g/mol. The molecule has 1 N–H and O–H groups in total. The predicted octanol–water partition coefficient (Wildman–Crippen LogP) is 4.86. The molecule has 0 bridgehead atoms. The molecule has 0 radical (unpaired) electrons. The first-order valence-corrected chi connectivity index (χ1v) is 11.4. The van der Waals surface area contributed by atoms with Crippen LogP contribution in [0.1, 0.15) is 38.2 Å². The van der Waals surface area contributed by atoms with Crippen molar-refractivity contribution in [2.75, 3.05) is 13.7 Å². The van der Waals surface area contributed by atoms with Crippen molar-refractivity contribution in [3.8, 4) is 11.5 Å². The van der Waals surface area contributed by atoms with Crippen LogP contribution >= 0.6 is 23.2 Å². The number of amides is 2. The van der Waals surface area contributed by atoms with Gasteiger partial charge in [-0.1, -0.05) is 42.1 Å². The summed E-state index contributed by atoms with van der Waals surface area (Å²) in [5.74, 6) is 0.759. The second-order valence-electron chi connectivity index (χ2n) is 7.90. The molecule has 172 valence electrons. The molecular weight excluding hydrogens is 451 g/mol. The smallest absolute Gasteiger partial charge is 0.261 e. The lowest BCUT2D eigenvalue weighted by molar-refractivity contribution is -0.142. The van der Waals surface area contributed by atoms with Gasteiger partial charge in [-0.2, -0.15) is 0 Å². The van der Waals surface area contributed by atoms with E-state index in [0.717, 1.165) is 31.2 Å². The third-order valence-corrected chi connectivity index (χ3v) is 6.37. The number of nitrogens with one attached hydrogen (secondary N) is 1. The average Bonchev–Trinajstić information content (AvgIpc) is 3.31. The Morgan fingerprint density at radius 2 is 1.72 bits per heavy atom. The molecule has 0 heterocycles. The van der Waals surface area contributed by atoms with Crippen LogP contribution in [0.3, 0.4) is 0 Å². The van der Waals surface area contributed by atoms with Crippen LogP contribution in [-0.4, -0.2) is 42.5 Å². The molecule has 3 rings (SSSR count). The Balaban J connectivity index is 1.71. The summed E-state index contributed by atoms with van der Waals surface area (Å²) < 4.78 is 10.8. The van der Waals surface area contributed by atoms with Crippen molar-refractivity contribution in [1.29, 1.82) is 0 Å². The van der Waals surface area contributed by atoms with E-state index in [1.807, 2.05) is 0 Å². The van der Waals surface area contributed by atoms with Crippen molar-refractivity contribution < 1.29 is 19.1 Å². The summed E-state index contributed by atoms with van der Waals surface area (Å²) in [6, 6.07) is 11.6. The van der Waals surface area contributed by atoms with Crippen LogP contribution in [0.5, 0.6) is 11.5 Å². The molecule has 1 saturated carbocycles. The quantitative estimate of drug-likeness (QED) is 0.558. The minimum atomic E-state index is -0.669. The number of hydrogen-bond donors (Lipinski definition) is 1. The minimum absolute atomic E-state index is 0.169. The average molecular weight is 479 g/mol. The van der Waals surface area contributed by atoms with Gasteiger partial charge in [0.1, 0.15) is 17.5 Å². The van der Waals surface area contributed by atoms with Crippen LogP contribution in [0.15, 0.2) is 42.5 Å². The number of hydrogen-bond acceptors (Lipinski definition) is 4. The van der Waals surface area contributed by atoms with Gasteiger partial charge in [0.2, 0.25) is 5.91 Å². The summed E-state index contributed by atoms with van der Waals surface area (Å²) in [5.41, 5.74) is 0.776. The van der Waals surface area contributed by atoms with E-state index in [0.29, 0.717) is 21.5 Å². The maximum Gasteiger partial charge on any atom is 0.261 e. The third kappa shape index (κ3) is 6.53. The second kappa shape index (κ2) is 11.4. The molecule has 6 nitrogen and oxygen atoms in total. The minimum Gasteiger partial charge on any atom is -0.497 e. The van der Waals surface area contributed by atoms with Gasteiger partial charge in [-0.3, -0.25) is 9.59 Å². The summed E-state index contributed by atoms with van der Waals surface area (Å²) in [4.78, 5) is 27.5. The zero-order chi connectivity index (χ0) is 23.1. The maximum atomic E-state index is 13.1. The molecule has 0 aliphatic heterocycles. The van der Waals surface area contributed by atoms with E-state index in [9.17, 15) is 9.59 Å². The van der Waals surface area contributed by atoms with Gasteiger partial charge in [0.25, 0.3) is 5.91 Å². The van der Waals surface area contributed by atoms with E-state index in [2.05, 4.69) is 5.32 Å². The Kier molecular flexibility index (Phi) is 8.65. The molecule has 32 heavy (non-hydrogen) atoms. The number of rotatable bonds is 9. The molecule has 1 fully saturated rings. The Hall–Kier alpha value is -2.44. The van der Waals surface area contributed by atoms with E-state index < -0.39 is 6.04 Å². The SMILES string of the molecule is COc1ccc(OCC(=O)N(Cc2ccc(Cl)c(Cl)c2)[C@H](C)C(=O)NC2CCCC2)cc1. The van der Waals surface area contributed by atoms with Crippen molar-refractivity contribution in [2.45, 2.75) is 51.2 Å². The van der Waals surface area contributed by atoms with Gasteiger partial charge in [0.05, 0.1) is 17.2 Å². The molecule has 1 aliphatic rings. The van der Waals surface area contributed by atoms with Crippen LogP contribution < -0.4 is 14.8 Å². The lowest BCUT2D eigenvalue weighted by atomic mass is 10.1. The highest BCUT2D eigenvalue weighted by molar-refractivity contribution is 6.42. The fraction of sp³-hybridized carbons (Fsp3) is 0.417. The Labute approximate surface area is 198 Å². The molecule has 0 unspecified atom stereocenters. The molecule has 0 spiro atoms. The van der Waals surface area contributed by atoms with E-state index in [1.54, 1.807) is 56.5 Å². The molecule has 0 saturated heterocycles. The first kappa shape index (κ1) is 24.2. The van der Waals surface area contributed by atoms with Gasteiger partial charge in [-0.05, 0) is 61.7 Å². The molecule has 2 aromatic carbocycles. The van der Waals surface area contributed by atoms with E-state index in [1.165, 1.54) is 4.90 Å². The normalized spacial score (nSPS) is 14.6. The van der Waals surface area contributed by atoms with Crippen LogP contribution in [0.2, 0.25) is 10.0 Å². The summed E-state index contributed by atoms with van der Waals surface area (Å²) in [6.45, 7) is 1.74. The summed E-state index contributed by atoms with van der Waals surface area (Å²) >= 11 is 12.2. The zero-order valence-corrected chi connectivity index (χ0v) is 19.8. The standard InChI is InChI=1S/C24H28Cl2N2O4/c1-16(24(30)27-18-5-3-4-6-18)28(14-17-7-12-21(25)22(26)13-17)23(29)15-32-20-10-8-19(31-2)9-11-20/h7-13,16,18H,3-6,14-15H2,1-2H3,(H,27,30)/t16-/m1/s1. The second-order valence-corrected chi connectivity index (χ2v) is 8.71. The Bertz CT molecular complexity index is 930. The van der Waals surface area contributed by atoms with E-state index in [-0.39, 0.29) is 31.0 Å². The van der Waals surface area contributed by atoms with Crippen LogP contribution in [0.25, 0.3) is 0 Å². The van der Waals surface area contributed by atoms with Crippen molar-refractivity contribution >= 4 is 35.0 Å². The van der Waals surface area contributed by atoms with Crippen molar-refractivity contribution in [3.05, 3.63) is 58.1 Å². The van der Waals surface area contributed by atoms with E-state index in [4.69, 9.17) is 32.7 Å². The van der Waals surface area contributed by atoms with Crippen molar-refractivity contribution in [2.24, 2.45) is 0 Å². The fourth-order valence-electron chi connectivity index (χ4n) is 3.71. The number of methoxy groups -OCH3 is 1. The van der Waals surface area contributed by atoms with Gasteiger partial charge in [0, 0.05) is 12.6 Å². The first-order chi connectivity index (χ1) is 15.4. The van der Waals surface area contributed by atoms with Crippen molar-refractivity contribution in [1.82, 2.24) is 10.2 Å². The van der Waals surface area contributed by atoms with Gasteiger partial charge in [-0.15, -0.1) is 0 Å². The highest BCUT2D eigenvalue weighted by Gasteiger charge is 2.28. The highest BCUT2D eigenvalue weighted by atomic mass is 35.5. The predicted molar refractivity (Wildman–Crippen MR) is 125 cm³/mol. The molecule has 2 aromatic rings. The molecule has 1 aliphatic carbocycles. The van der Waals surface area contributed by atoms with Crippen molar-refractivity contribution in [3.63, 3.8) is 0 Å². The molecule has 2 amide bonds. The number of benzene rings is 2. The molecule has 0 aromatic heterocycles. The number of halogens is 2. The van der Waals surface area contributed by atoms with Crippen LogP contribution in [0, 0.1) is 0 Å².